The van der Waals surface area contributed by atoms with Crippen molar-refractivity contribution in [1.29, 1.82) is 0 Å². The topological polar surface area (TPSA) is 76.3 Å². The van der Waals surface area contributed by atoms with E-state index < -0.39 is 10.0 Å². The van der Waals surface area contributed by atoms with E-state index in [-0.39, 0.29) is 6.04 Å². The Morgan fingerprint density at radius 2 is 2.04 bits per heavy atom. The summed E-state index contributed by atoms with van der Waals surface area (Å²) in [5, 5.41) is 3.86. The first kappa shape index (κ1) is 17.8. The third-order valence-corrected chi connectivity index (χ3v) is 7.36. The van der Waals surface area contributed by atoms with Crippen LogP contribution in [0.4, 0.5) is 0 Å². The first-order chi connectivity index (χ1) is 11.8. The van der Waals surface area contributed by atoms with Crippen molar-refractivity contribution < 1.29 is 12.9 Å². The Morgan fingerprint density at radius 3 is 2.64 bits per heavy atom. The minimum Gasteiger partial charge on any atom is -0.355 e. The van der Waals surface area contributed by atoms with E-state index in [1.807, 2.05) is 19.9 Å². The quantitative estimate of drug-likeness (QED) is 0.676. The van der Waals surface area contributed by atoms with Crippen molar-refractivity contribution in [3.63, 3.8) is 0 Å². The summed E-state index contributed by atoms with van der Waals surface area (Å²) in [4.78, 5) is 5.83. The molecule has 0 aliphatic carbocycles. The van der Waals surface area contributed by atoms with E-state index in [0.29, 0.717) is 15.5 Å². The molecule has 3 aromatic rings. The number of hydrogen-bond acceptors (Lipinski definition) is 6. The first-order valence-electron chi connectivity index (χ1n) is 7.73. The van der Waals surface area contributed by atoms with Gasteiger partial charge >= 0.3 is 0 Å². The van der Waals surface area contributed by atoms with Crippen LogP contribution < -0.4 is 0 Å². The predicted molar refractivity (Wildman–Crippen MR) is 96.9 cm³/mol. The summed E-state index contributed by atoms with van der Waals surface area (Å²) in [5.74, 6) is 0.579. The number of aryl methyl sites for hydroxylation is 2. The van der Waals surface area contributed by atoms with Crippen LogP contribution in [0.2, 0.25) is 0 Å². The highest BCUT2D eigenvalue weighted by Gasteiger charge is 2.30. The van der Waals surface area contributed by atoms with E-state index in [1.54, 1.807) is 44.6 Å². The zero-order chi connectivity index (χ0) is 18.2. The fourth-order valence-electron chi connectivity index (χ4n) is 2.52. The average molecular weight is 377 g/mol. The molecule has 1 unspecified atom stereocenters. The van der Waals surface area contributed by atoms with Crippen molar-refractivity contribution in [2.24, 2.45) is 0 Å². The van der Waals surface area contributed by atoms with Gasteiger partial charge in [-0.05, 0) is 38.5 Å². The van der Waals surface area contributed by atoms with Crippen molar-refractivity contribution in [2.45, 2.75) is 31.7 Å². The number of aromatic nitrogens is 2. The summed E-state index contributed by atoms with van der Waals surface area (Å²) in [6.45, 7) is 5.47. The third-order valence-electron chi connectivity index (χ3n) is 4.11. The van der Waals surface area contributed by atoms with Gasteiger partial charge in [0.25, 0.3) is 0 Å². The van der Waals surface area contributed by atoms with Crippen LogP contribution in [-0.2, 0) is 10.0 Å². The zero-order valence-corrected chi connectivity index (χ0v) is 16.1. The maximum absolute atomic E-state index is 13.1. The van der Waals surface area contributed by atoms with Gasteiger partial charge in [-0.3, -0.25) is 4.98 Å². The molecule has 3 rings (SSSR count). The summed E-state index contributed by atoms with van der Waals surface area (Å²) < 4.78 is 32.8. The lowest BCUT2D eigenvalue weighted by Gasteiger charge is -2.24. The summed E-state index contributed by atoms with van der Waals surface area (Å²) in [5.41, 5.74) is 1.60. The zero-order valence-electron chi connectivity index (χ0n) is 14.4. The fourth-order valence-corrected chi connectivity index (χ4v) is 5.38. The second-order valence-electron chi connectivity index (χ2n) is 5.85. The molecule has 6 nitrogen and oxygen atoms in total. The minimum atomic E-state index is -3.64. The highest BCUT2D eigenvalue weighted by atomic mass is 32.2. The second-order valence-corrected chi connectivity index (χ2v) is 9.07. The molecule has 1 atom stereocenters. The lowest BCUT2D eigenvalue weighted by atomic mass is 10.1. The molecule has 0 saturated carbocycles. The number of hydrogen-bond donors (Lipinski definition) is 0. The van der Waals surface area contributed by atoms with Crippen LogP contribution in [0.5, 0.6) is 0 Å². The first-order valence-corrected chi connectivity index (χ1v) is 9.98. The SMILES string of the molecule is Cc1cc(-c2cc(S(=O)(=O)N(C)C(C)c3cccnc3)c(C)s2)on1. The highest BCUT2D eigenvalue weighted by Crippen LogP contribution is 2.36. The molecule has 0 fully saturated rings. The molecule has 132 valence electrons. The molecule has 0 aliphatic rings. The van der Waals surface area contributed by atoms with Gasteiger partial charge in [-0.2, -0.15) is 4.31 Å². The van der Waals surface area contributed by atoms with Crippen LogP contribution in [0.15, 0.2) is 46.1 Å². The van der Waals surface area contributed by atoms with Gasteiger partial charge in [0, 0.05) is 36.4 Å². The minimum absolute atomic E-state index is 0.291. The summed E-state index contributed by atoms with van der Waals surface area (Å²) >= 11 is 1.38. The van der Waals surface area contributed by atoms with Crippen molar-refractivity contribution in [3.05, 3.63) is 52.8 Å². The Kier molecular flexibility index (Phi) is 4.77. The number of nitrogens with zero attached hydrogens (tertiary/aromatic N) is 3. The lowest BCUT2D eigenvalue weighted by Crippen LogP contribution is -2.30. The van der Waals surface area contributed by atoms with E-state index in [9.17, 15) is 8.42 Å². The molecule has 0 aliphatic heterocycles. The van der Waals surface area contributed by atoms with Gasteiger partial charge in [0.15, 0.2) is 5.76 Å². The van der Waals surface area contributed by atoms with Crippen molar-refractivity contribution in [2.75, 3.05) is 7.05 Å². The van der Waals surface area contributed by atoms with Crippen molar-refractivity contribution >= 4 is 21.4 Å². The molecular weight excluding hydrogens is 358 g/mol. The van der Waals surface area contributed by atoms with Crippen LogP contribution >= 0.6 is 11.3 Å². The van der Waals surface area contributed by atoms with Crippen molar-refractivity contribution in [3.8, 4) is 10.6 Å². The lowest BCUT2D eigenvalue weighted by molar-refractivity contribution is 0.397. The van der Waals surface area contributed by atoms with Gasteiger partial charge in [-0.15, -0.1) is 11.3 Å². The maximum atomic E-state index is 13.1. The van der Waals surface area contributed by atoms with Gasteiger partial charge in [-0.25, -0.2) is 8.42 Å². The molecule has 0 spiro atoms. The molecule has 3 aromatic heterocycles. The van der Waals surface area contributed by atoms with Crippen LogP contribution in [-0.4, -0.2) is 29.9 Å². The Labute approximate surface area is 151 Å². The number of rotatable bonds is 5. The largest absolute Gasteiger partial charge is 0.355 e. The van der Waals surface area contributed by atoms with Crippen LogP contribution in [0.3, 0.4) is 0 Å². The van der Waals surface area contributed by atoms with Gasteiger partial charge in [0.1, 0.15) is 0 Å². The van der Waals surface area contributed by atoms with Gasteiger partial charge in [0.2, 0.25) is 10.0 Å². The average Bonchev–Trinajstić information content (AvgIpc) is 3.20. The maximum Gasteiger partial charge on any atom is 0.244 e. The molecule has 8 heteroatoms. The number of pyridine rings is 1. The Morgan fingerprint density at radius 1 is 1.28 bits per heavy atom. The van der Waals surface area contributed by atoms with Crippen LogP contribution in [0.25, 0.3) is 10.6 Å². The highest BCUT2D eigenvalue weighted by molar-refractivity contribution is 7.89. The molecule has 0 bridgehead atoms. The molecule has 25 heavy (non-hydrogen) atoms. The summed E-state index contributed by atoms with van der Waals surface area (Å²) in [6.07, 6.45) is 3.35. The Bertz CT molecular complexity index is 978. The molecule has 0 radical (unpaired) electrons. The predicted octanol–water partition coefficient (Wildman–Crippen LogP) is 3.80. The van der Waals surface area contributed by atoms with Crippen molar-refractivity contribution in [1.82, 2.24) is 14.4 Å². The summed E-state index contributed by atoms with van der Waals surface area (Å²) in [7, 11) is -2.06. The Balaban J connectivity index is 1.96. The van der Waals surface area contributed by atoms with E-state index in [1.165, 1.54) is 15.6 Å². The molecule has 0 saturated heterocycles. The standard InChI is InChI=1S/C17H19N3O3S2/c1-11-8-15(23-19-11)16-9-17(13(3)24-16)25(21,22)20(4)12(2)14-6-5-7-18-10-14/h5-10,12H,1-4H3. The monoisotopic (exact) mass is 377 g/mol. The summed E-state index contributed by atoms with van der Waals surface area (Å²) in [6, 6.07) is 6.79. The van der Waals surface area contributed by atoms with Crippen LogP contribution in [0, 0.1) is 13.8 Å². The van der Waals surface area contributed by atoms with Gasteiger partial charge in [-0.1, -0.05) is 11.2 Å². The second kappa shape index (κ2) is 6.70. The van der Waals surface area contributed by atoms with Gasteiger partial charge < -0.3 is 4.52 Å². The molecule has 3 heterocycles. The van der Waals surface area contributed by atoms with Crippen LogP contribution in [0.1, 0.15) is 29.1 Å². The molecule has 0 N–H and O–H groups in total. The van der Waals surface area contributed by atoms with E-state index in [2.05, 4.69) is 10.1 Å². The number of thiophene rings is 1. The van der Waals surface area contributed by atoms with E-state index in [4.69, 9.17) is 4.52 Å². The molecular formula is C17H19N3O3S2. The van der Waals surface area contributed by atoms with E-state index >= 15 is 0 Å². The Hall–Kier alpha value is -2.03. The van der Waals surface area contributed by atoms with Gasteiger partial charge in [0.05, 0.1) is 15.5 Å². The molecule has 0 aromatic carbocycles. The molecule has 0 amide bonds. The normalized spacial score (nSPS) is 13.3. The van der Waals surface area contributed by atoms with E-state index in [0.717, 1.165) is 16.1 Å². The third kappa shape index (κ3) is 3.37. The fraction of sp³-hybridized carbons (Fsp3) is 0.294. The smallest absolute Gasteiger partial charge is 0.244 e. The number of sulfonamides is 1.